The molecule has 0 spiro atoms. The van der Waals surface area contributed by atoms with Crippen molar-refractivity contribution in [2.24, 2.45) is 0 Å². The maximum atomic E-state index is 9.96. The van der Waals surface area contributed by atoms with Crippen molar-refractivity contribution in [1.29, 1.82) is 0 Å². The monoisotopic (exact) mass is 300 g/mol. The van der Waals surface area contributed by atoms with Gasteiger partial charge in [0.05, 0.1) is 5.69 Å². The first kappa shape index (κ1) is 13.5. The Kier molecular flexibility index (Phi) is 3.27. The molecule has 0 bridgehead atoms. The first-order valence-electron chi connectivity index (χ1n) is 6.34. The number of phenols is 1. The van der Waals surface area contributed by atoms with Crippen LogP contribution < -0.4 is 5.73 Å². The summed E-state index contributed by atoms with van der Waals surface area (Å²) in [6.45, 7) is 1.97. The van der Waals surface area contributed by atoms with E-state index in [1.165, 1.54) is 6.07 Å². The number of aryl methyl sites for hydroxylation is 1. The first-order chi connectivity index (χ1) is 10.1. The summed E-state index contributed by atoms with van der Waals surface area (Å²) in [5, 5.41) is 18.6. The number of hydrogen-bond acceptors (Lipinski definition) is 4. The molecule has 3 aromatic rings. The van der Waals surface area contributed by atoms with Crippen LogP contribution in [0.1, 0.15) is 5.56 Å². The van der Waals surface area contributed by atoms with Gasteiger partial charge in [-0.2, -0.15) is 4.68 Å². The summed E-state index contributed by atoms with van der Waals surface area (Å²) in [5.74, 6) is 0.407. The molecule has 5 nitrogen and oxygen atoms in total. The molecule has 0 saturated heterocycles. The van der Waals surface area contributed by atoms with Crippen LogP contribution in [-0.2, 0) is 0 Å². The molecular formula is C15H13ClN4O. The fourth-order valence-corrected chi connectivity index (χ4v) is 2.33. The number of nitrogen functional groups attached to an aromatic ring is 1. The quantitative estimate of drug-likeness (QED) is 0.762. The molecular weight excluding hydrogens is 288 g/mol. The zero-order valence-electron chi connectivity index (χ0n) is 11.3. The van der Waals surface area contributed by atoms with Crippen molar-refractivity contribution in [2.45, 2.75) is 6.92 Å². The molecule has 1 heterocycles. The molecule has 21 heavy (non-hydrogen) atoms. The Labute approximate surface area is 126 Å². The van der Waals surface area contributed by atoms with Crippen LogP contribution in [0.15, 0.2) is 42.5 Å². The summed E-state index contributed by atoms with van der Waals surface area (Å²) in [5.41, 5.74) is 8.87. The lowest BCUT2D eigenvalue weighted by Crippen LogP contribution is -2.04. The van der Waals surface area contributed by atoms with E-state index in [1.807, 2.05) is 31.2 Å². The molecule has 3 rings (SSSR count). The highest BCUT2D eigenvalue weighted by Crippen LogP contribution is 2.34. The normalized spacial score (nSPS) is 10.8. The molecule has 2 aromatic carbocycles. The Bertz CT molecular complexity index is 813. The minimum absolute atomic E-state index is 0.0583. The third-order valence-corrected chi connectivity index (χ3v) is 3.50. The molecule has 6 heteroatoms. The summed E-state index contributed by atoms with van der Waals surface area (Å²) in [6, 6.07) is 12.4. The predicted octanol–water partition coefficient (Wildman–Crippen LogP) is 3.18. The minimum atomic E-state index is 0.0583. The van der Waals surface area contributed by atoms with Crippen LogP contribution in [0.25, 0.3) is 16.9 Å². The van der Waals surface area contributed by atoms with Crippen molar-refractivity contribution < 1.29 is 5.11 Å². The number of nitrogens with two attached hydrogens (primary N) is 1. The summed E-state index contributed by atoms with van der Waals surface area (Å²) in [6.07, 6.45) is 0. The van der Waals surface area contributed by atoms with Gasteiger partial charge in [0.25, 0.3) is 0 Å². The Balaban J connectivity index is 2.16. The van der Waals surface area contributed by atoms with E-state index in [1.54, 1.807) is 16.8 Å². The Morgan fingerprint density at radius 1 is 1.19 bits per heavy atom. The lowest BCUT2D eigenvalue weighted by molar-refractivity contribution is 0.477. The molecule has 0 radical (unpaired) electrons. The van der Waals surface area contributed by atoms with Crippen molar-refractivity contribution in [3.05, 3.63) is 53.1 Å². The minimum Gasteiger partial charge on any atom is -0.507 e. The highest BCUT2D eigenvalue weighted by Gasteiger charge is 2.17. The molecule has 0 aliphatic carbocycles. The van der Waals surface area contributed by atoms with Crippen molar-refractivity contribution >= 4 is 17.4 Å². The number of aromatic hydroxyl groups is 1. The molecule has 0 saturated carbocycles. The van der Waals surface area contributed by atoms with Gasteiger partial charge in [-0.3, -0.25) is 0 Å². The van der Waals surface area contributed by atoms with Gasteiger partial charge in [-0.25, -0.2) is 0 Å². The molecule has 0 fully saturated rings. The van der Waals surface area contributed by atoms with Gasteiger partial charge in [-0.05, 0) is 36.8 Å². The van der Waals surface area contributed by atoms with Crippen LogP contribution in [0.4, 0.5) is 5.82 Å². The Hall–Kier alpha value is -2.53. The fourth-order valence-electron chi connectivity index (χ4n) is 2.16. The molecule has 3 N–H and O–H groups in total. The van der Waals surface area contributed by atoms with E-state index in [4.69, 9.17) is 17.3 Å². The number of halogens is 1. The van der Waals surface area contributed by atoms with E-state index in [2.05, 4.69) is 10.3 Å². The van der Waals surface area contributed by atoms with Gasteiger partial charge >= 0.3 is 0 Å². The zero-order chi connectivity index (χ0) is 15.0. The number of aromatic nitrogens is 3. The average molecular weight is 301 g/mol. The molecule has 0 aliphatic heterocycles. The van der Waals surface area contributed by atoms with Crippen molar-refractivity contribution in [3.63, 3.8) is 0 Å². The SMILES string of the molecule is Cc1ccccc1-n1nnc(-c2cc(Cl)ccc2O)c1N. The number of rotatable bonds is 2. The van der Waals surface area contributed by atoms with Gasteiger partial charge in [0.15, 0.2) is 5.82 Å². The summed E-state index contributed by atoms with van der Waals surface area (Å²) < 4.78 is 1.55. The number of hydrogen-bond donors (Lipinski definition) is 2. The van der Waals surface area contributed by atoms with E-state index in [9.17, 15) is 5.11 Å². The van der Waals surface area contributed by atoms with Gasteiger partial charge in [-0.1, -0.05) is 35.0 Å². The molecule has 0 atom stereocenters. The molecule has 1 aromatic heterocycles. The lowest BCUT2D eigenvalue weighted by atomic mass is 10.1. The van der Waals surface area contributed by atoms with Gasteiger partial charge in [0.2, 0.25) is 0 Å². The van der Waals surface area contributed by atoms with E-state index in [0.717, 1.165) is 11.3 Å². The molecule has 0 aliphatic rings. The van der Waals surface area contributed by atoms with Crippen molar-refractivity contribution in [1.82, 2.24) is 15.0 Å². The van der Waals surface area contributed by atoms with Crippen LogP contribution in [0.3, 0.4) is 0 Å². The summed E-state index contributed by atoms with van der Waals surface area (Å²) >= 11 is 5.96. The number of anilines is 1. The summed E-state index contributed by atoms with van der Waals surface area (Å²) in [7, 11) is 0. The third kappa shape index (κ3) is 2.32. The second-order valence-corrected chi connectivity index (χ2v) is 5.12. The maximum absolute atomic E-state index is 9.96. The van der Waals surface area contributed by atoms with E-state index < -0.39 is 0 Å². The highest BCUT2D eigenvalue weighted by molar-refractivity contribution is 6.31. The van der Waals surface area contributed by atoms with Crippen LogP contribution in [0.5, 0.6) is 5.75 Å². The van der Waals surface area contributed by atoms with Crippen LogP contribution in [0.2, 0.25) is 5.02 Å². The predicted molar refractivity (Wildman–Crippen MR) is 82.6 cm³/mol. The smallest absolute Gasteiger partial charge is 0.156 e. The fraction of sp³-hybridized carbons (Fsp3) is 0.0667. The Morgan fingerprint density at radius 2 is 1.95 bits per heavy atom. The van der Waals surface area contributed by atoms with E-state index in [0.29, 0.717) is 22.1 Å². The maximum Gasteiger partial charge on any atom is 0.156 e. The van der Waals surface area contributed by atoms with Gasteiger partial charge in [0, 0.05) is 10.6 Å². The standard InChI is InChI=1S/C15H13ClN4O/c1-9-4-2-3-5-12(9)20-15(17)14(18-19-20)11-8-10(16)6-7-13(11)21/h2-8,21H,17H2,1H3. The number of benzene rings is 2. The Morgan fingerprint density at radius 3 is 2.71 bits per heavy atom. The highest BCUT2D eigenvalue weighted by atomic mass is 35.5. The summed E-state index contributed by atoms with van der Waals surface area (Å²) in [4.78, 5) is 0. The lowest BCUT2D eigenvalue weighted by Gasteiger charge is -2.07. The second-order valence-electron chi connectivity index (χ2n) is 4.68. The topological polar surface area (TPSA) is 77.0 Å². The molecule has 106 valence electrons. The van der Waals surface area contributed by atoms with Crippen LogP contribution in [0, 0.1) is 6.92 Å². The van der Waals surface area contributed by atoms with Crippen LogP contribution in [-0.4, -0.2) is 20.1 Å². The van der Waals surface area contributed by atoms with Gasteiger partial charge < -0.3 is 10.8 Å². The first-order valence-corrected chi connectivity index (χ1v) is 6.72. The number of phenolic OH excluding ortho intramolecular Hbond substituents is 1. The van der Waals surface area contributed by atoms with Gasteiger partial charge in [-0.15, -0.1) is 5.10 Å². The van der Waals surface area contributed by atoms with Crippen molar-refractivity contribution in [3.8, 4) is 22.7 Å². The second kappa shape index (κ2) is 5.10. The largest absolute Gasteiger partial charge is 0.507 e. The van der Waals surface area contributed by atoms with Gasteiger partial charge in [0.1, 0.15) is 11.4 Å². The number of para-hydroxylation sites is 1. The third-order valence-electron chi connectivity index (χ3n) is 3.26. The van der Waals surface area contributed by atoms with Crippen molar-refractivity contribution in [2.75, 3.05) is 5.73 Å². The van der Waals surface area contributed by atoms with Crippen LogP contribution >= 0.6 is 11.6 Å². The average Bonchev–Trinajstić information content (AvgIpc) is 2.84. The number of nitrogens with zero attached hydrogens (tertiary/aromatic N) is 3. The molecule has 0 unspecified atom stereocenters. The zero-order valence-corrected chi connectivity index (χ0v) is 12.0. The van der Waals surface area contributed by atoms with E-state index >= 15 is 0 Å². The van der Waals surface area contributed by atoms with E-state index in [-0.39, 0.29) is 5.75 Å². The molecule has 0 amide bonds.